The molecule has 0 amide bonds. The molecule has 1 unspecified atom stereocenters. The number of hydrogen-bond donors (Lipinski definition) is 1. The van der Waals surface area contributed by atoms with Crippen LogP contribution in [0.4, 0.5) is 5.82 Å². The van der Waals surface area contributed by atoms with Crippen LogP contribution in [0.1, 0.15) is 62.6 Å². The van der Waals surface area contributed by atoms with E-state index < -0.39 is 0 Å². The van der Waals surface area contributed by atoms with Crippen LogP contribution in [0, 0.1) is 5.92 Å². The highest BCUT2D eigenvalue weighted by atomic mass is 15.4. The van der Waals surface area contributed by atoms with Gasteiger partial charge in [0.2, 0.25) is 0 Å². The quantitative estimate of drug-likeness (QED) is 0.846. The number of rotatable bonds is 2. The molecule has 0 radical (unpaired) electrons. The third kappa shape index (κ3) is 1.67. The first-order valence-electron chi connectivity index (χ1n) is 7.25. The van der Waals surface area contributed by atoms with Gasteiger partial charge in [0.05, 0.1) is 11.7 Å². The zero-order valence-electron chi connectivity index (χ0n) is 10.4. The number of fused-ring (bicyclic) bond motifs is 1. The predicted molar refractivity (Wildman–Crippen MR) is 68.3 cm³/mol. The van der Waals surface area contributed by atoms with E-state index in [9.17, 15) is 0 Å². The Morgan fingerprint density at radius 2 is 1.94 bits per heavy atom. The summed E-state index contributed by atoms with van der Waals surface area (Å²) in [4.78, 5) is 0. The summed E-state index contributed by atoms with van der Waals surface area (Å²) in [6.45, 7) is 1.14. The summed E-state index contributed by atoms with van der Waals surface area (Å²) in [6.07, 6.45) is 9.60. The molecule has 0 saturated heterocycles. The van der Waals surface area contributed by atoms with E-state index in [1.807, 2.05) is 0 Å². The van der Waals surface area contributed by atoms with Gasteiger partial charge in [-0.1, -0.05) is 12.8 Å². The lowest BCUT2D eigenvalue weighted by atomic mass is 10.0. The van der Waals surface area contributed by atoms with Crippen LogP contribution in [0.5, 0.6) is 0 Å². The molecule has 2 fully saturated rings. The molecule has 17 heavy (non-hydrogen) atoms. The first-order valence-corrected chi connectivity index (χ1v) is 7.25. The van der Waals surface area contributed by atoms with Crippen molar-refractivity contribution in [3.05, 3.63) is 11.8 Å². The molecule has 3 heteroatoms. The van der Waals surface area contributed by atoms with Gasteiger partial charge in [-0.25, -0.2) is 4.68 Å². The highest BCUT2D eigenvalue weighted by Crippen LogP contribution is 2.45. The molecule has 2 aliphatic carbocycles. The van der Waals surface area contributed by atoms with E-state index in [2.05, 4.69) is 16.1 Å². The lowest BCUT2D eigenvalue weighted by Gasteiger charge is -2.25. The van der Waals surface area contributed by atoms with Crippen LogP contribution < -0.4 is 5.32 Å². The van der Waals surface area contributed by atoms with Gasteiger partial charge in [-0.05, 0) is 38.0 Å². The van der Waals surface area contributed by atoms with Crippen LogP contribution in [-0.4, -0.2) is 16.3 Å². The standard InChI is InChI=1S/C14H21N3/c1-2-4-10(3-1)12-9-14-15-8-7-13(11-5-6-11)17(14)16-12/h9-11,13,15H,1-8H2. The maximum atomic E-state index is 4.93. The molecule has 1 atom stereocenters. The minimum atomic E-state index is 0.696. The maximum Gasteiger partial charge on any atom is 0.124 e. The fraction of sp³-hybridized carbons (Fsp3) is 0.786. The monoisotopic (exact) mass is 231 g/mol. The van der Waals surface area contributed by atoms with E-state index in [4.69, 9.17) is 5.10 Å². The topological polar surface area (TPSA) is 29.9 Å². The average molecular weight is 231 g/mol. The summed E-state index contributed by atoms with van der Waals surface area (Å²) in [6, 6.07) is 3.02. The molecule has 3 nitrogen and oxygen atoms in total. The van der Waals surface area contributed by atoms with E-state index in [0.29, 0.717) is 6.04 Å². The Kier molecular flexibility index (Phi) is 2.20. The SMILES string of the molecule is c1c(C2CCCC2)nn2c1NCCC2C1CC1. The Balaban J connectivity index is 1.66. The highest BCUT2D eigenvalue weighted by molar-refractivity contribution is 5.40. The van der Waals surface area contributed by atoms with E-state index in [1.165, 1.54) is 56.5 Å². The Hall–Kier alpha value is -0.990. The van der Waals surface area contributed by atoms with Gasteiger partial charge in [0.1, 0.15) is 5.82 Å². The van der Waals surface area contributed by atoms with E-state index in [1.54, 1.807) is 0 Å². The fourth-order valence-electron chi connectivity index (χ4n) is 3.61. The minimum absolute atomic E-state index is 0.696. The second-order valence-electron chi connectivity index (χ2n) is 6.00. The van der Waals surface area contributed by atoms with Crippen molar-refractivity contribution in [2.24, 2.45) is 5.92 Å². The van der Waals surface area contributed by atoms with E-state index in [-0.39, 0.29) is 0 Å². The summed E-state index contributed by atoms with van der Waals surface area (Å²) >= 11 is 0. The molecule has 0 aromatic carbocycles. The molecule has 0 spiro atoms. The normalized spacial score (nSPS) is 29.1. The highest BCUT2D eigenvalue weighted by Gasteiger charge is 2.36. The molecular formula is C14H21N3. The predicted octanol–water partition coefficient (Wildman–Crippen LogP) is 3.31. The molecule has 4 rings (SSSR count). The van der Waals surface area contributed by atoms with Crippen LogP contribution >= 0.6 is 0 Å². The molecule has 2 saturated carbocycles. The van der Waals surface area contributed by atoms with Crippen LogP contribution in [-0.2, 0) is 0 Å². The van der Waals surface area contributed by atoms with Gasteiger partial charge < -0.3 is 5.32 Å². The largest absolute Gasteiger partial charge is 0.370 e. The van der Waals surface area contributed by atoms with Crippen molar-refractivity contribution in [3.63, 3.8) is 0 Å². The van der Waals surface area contributed by atoms with Crippen molar-refractivity contribution in [2.45, 2.75) is 56.9 Å². The lowest BCUT2D eigenvalue weighted by molar-refractivity contribution is 0.372. The number of anilines is 1. The molecule has 92 valence electrons. The van der Waals surface area contributed by atoms with Crippen molar-refractivity contribution in [1.29, 1.82) is 0 Å². The summed E-state index contributed by atoms with van der Waals surface area (Å²) in [5.41, 5.74) is 1.36. The van der Waals surface area contributed by atoms with Crippen LogP contribution in [0.15, 0.2) is 6.07 Å². The van der Waals surface area contributed by atoms with Gasteiger partial charge in [0, 0.05) is 18.5 Å². The number of nitrogens with zero attached hydrogens (tertiary/aromatic N) is 2. The van der Waals surface area contributed by atoms with Gasteiger partial charge >= 0.3 is 0 Å². The Labute approximate surface area is 103 Å². The lowest BCUT2D eigenvalue weighted by Crippen LogP contribution is -2.24. The van der Waals surface area contributed by atoms with Crippen molar-refractivity contribution in [2.75, 3.05) is 11.9 Å². The summed E-state index contributed by atoms with van der Waals surface area (Å²) in [5, 5.41) is 8.45. The van der Waals surface area contributed by atoms with Crippen molar-refractivity contribution >= 4 is 5.82 Å². The van der Waals surface area contributed by atoms with Crippen LogP contribution in [0.3, 0.4) is 0 Å². The summed E-state index contributed by atoms with van der Waals surface area (Å²) < 4.78 is 2.31. The molecule has 1 aromatic heterocycles. The van der Waals surface area contributed by atoms with Gasteiger partial charge in [0.15, 0.2) is 0 Å². The Bertz CT molecular complexity index is 413. The molecule has 3 aliphatic rings. The summed E-state index contributed by atoms with van der Waals surface area (Å²) in [7, 11) is 0. The summed E-state index contributed by atoms with van der Waals surface area (Å²) in [5.74, 6) is 2.96. The smallest absolute Gasteiger partial charge is 0.124 e. The molecular weight excluding hydrogens is 210 g/mol. The third-order valence-corrected chi connectivity index (χ3v) is 4.75. The van der Waals surface area contributed by atoms with Crippen molar-refractivity contribution in [1.82, 2.24) is 9.78 Å². The zero-order chi connectivity index (χ0) is 11.2. The van der Waals surface area contributed by atoms with Gasteiger partial charge in [0.25, 0.3) is 0 Å². The van der Waals surface area contributed by atoms with Gasteiger partial charge in [-0.2, -0.15) is 5.10 Å². The first-order chi connectivity index (χ1) is 8.42. The molecule has 1 N–H and O–H groups in total. The molecule has 1 aromatic rings. The third-order valence-electron chi connectivity index (χ3n) is 4.75. The first kappa shape index (κ1) is 9.98. The molecule has 1 aliphatic heterocycles. The van der Waals surface area contributed by atoms with Crippen molar-refractivity contribution < 1.29 is 0 Å². The minimum Gasteiger partial charge on any atom is -0.370 e. The Morgan fingerprint density at radius 3 is 2.71 bits per heavy atom. The van der Waals surface area contributed by atoms with Crippen molar-refractivity contribution in [3.8, 4) is 0 Å². The second kappa shape index (κ2) is 3.76. The van der Waals surface area contributed by atoms with Gasteiger partial charge in [-0.15, -0.1) is 0 Å². The molecule has 0 bridgehead atoms. The van der Waals surface area contributed by atoms with E-state index in [0.717, 1.165) is 18.4 Å². The maximum absolute atomic E-state index is 4.93. The zero-order valence-corrected chi connectivity index (χ0v) is 10.4. The van der Waals surface area contributed by atoms with Gasteiger partial charge in [-0.3, -0.25) is 0 Å². The average Bonchev–Trinajstić information content (AvgIpc) is 2.91. The van der Waals surface area contributed by atoms with Crippen LogP contribution in [0.25, 0.3) is 0 Å². The van der Waals surface area contributed by atoms with E-state index >= 15 is 0 Å². The fourth-order valence-corrected chi connectivity index (χ4v) is 3.61. The number of hydrogen-bond acceptors (Lipinski definition) is 2. The molecule has 2 heterocycles. The second-order valence-corrected chi connectivity index (χ2v) is 6.00. The Morgan fingerprint density at radius 1 is 1.12 bits per heavy atom. The van der Waals surface area contributed by atoms with Crippen LogP contribution in [0.2, 0.25) is 0 Å². The number of aromatic nitrogens is 2. The number of nitrogens with one attached hydrogen (secondary N) is 1.